The highest BCUT2D eigenvalue weighted by molar-refractivity contribution is 7.98. The van der Waals surface area contributed by atoms with Gasteiger partial charge in [-0.25, -0.2) is 4.98 Å². The van der Waals surface area contributed by atoms with Gasteiger partial charge in [-0.1, -0.05) is 55.0 Å². The van der Waals surface area contributed by atoms with Crippen molar-refractivity contribution in [3.63, 3.8) is 0 Å². The monoisotopic (exact) mass is 420 g/mol. The summed E-state index contributed by atoms with van der Waals surface area (Å²) in [7, 11) is 0. The van der Waals surface area contributed by atoms with Crippen LogP contribution in [0.25, 0.3) is 16.6 Å². The lowest BCUT2D eigenvalue weighted by molar-refractivity contribution is 0.360. The maximum Gasteiger partial charge on any atom is 0.266 e. The first kappa shape index (κ1) is 20.3. The standard InChI is InChI=1S/C23H24N4O2S/c1-14(2)11-21-25-20(26-29-21)13-30-23-24-18-8-6-5-7-17(18)22(28)27(23)19-12-15(3)9-10-16(19)4/h5-10,12,14H,11,13H2,1-4H3. The van der Waals surface area contributed by atoms with Crippen LogP contribution in [0.1, 0.15) is 36.7 Å². The lowest BCUT2D eigenvalue weighted by Crippen LogP contribution is -2.22. The summed E-state index contributed by atoms with van der Waals surface area (Å²) in [5, 5.41) is 5.29. The molecule has 6 nitrogen and oxygen atoms in total. The van der Waals surface area contributed by atoms with E-state index in [9.17, 15) is 4.79 Å². The van der Waals surface area contributed by atoms with Crippen LogP contribution in [0.2, 0.25) is 0 Å². The Morgan fingerprint density at radius 2 is 1.90 bits per heavy atom. The van der Waals surface area contributed by atoms with Crippen LogP contribution >= 0.6 is 11.8 Å². The fraction of sp³-hybridized carbons (Fsp3) is 0.304. The molecule has 2 heterocycles. The number of fused-ring (bicyclic) bond motifs is 1. The quantitative estimate of drug-likeness (QED) is 0.327. The average Bonchev–Trinajstić information content (AvgIpc) is 3.15. The van der Waals surface area contributed by atoms with Crippen LogP contribution in [0.3, 0.4) is 0 Å². The third-order valence-electron chi connectivity index (χ3n) is 4.77. The van der Waals surface area contributed by atoms with Crippen molar-refractivity contribution in [1.29, 1.82) is 0 Å². The Hall–Kier alpha value is -2.93. The van der Waals surface area contributed by atoms with E-state index in [0.717, 1.165) is 23.2 Å². The zero-order valence-corrected chi connectivity index (χ0v) is 18.4. The van der Waals surface area contributed by atoms with Gasteiger partial charge in [0.1, 0.15) is 0 Å². The van der Waals surface area contributed by atoms with Gasteiger partial charge in [0.25, 0.3) is 5.56 Å². The number of nitrogens with zero attached hydrogens (tertiary/aromatic N) is 4. The number of para-hydroxylation sites is 1. The van der Waals surface area contributed by atoms with Crippen LogP contribution in [-0.4, -0.2) is 19.7 Å². The number of hydrogen-bond donors (Lipinski definition) is 0. The van der Waals surface area contributed by atoms with Crippen molar-refractivity contribution in [2.24, 2.45) is 5.92 Å². The molecule has 0 saturated heterocycles. The molecule has 0 amide bonds. The highest BCUT2D eigenvalue weighted by Crippen LogP contribution is 2.26. The summed E-state index contributed by atoms with van der Waals surface area (Å²) in [6.07, 6.45) is 0.749. The summed E-state index contributed by atoms with van der Waals surface area (Å²) in [4.78, 5) is 22.7. The van der Waals surface area contributed by atoms with E-state index in [4.69, 9.17) is 9.51 Å². The largest absolute Gasteiger partial charge is 0.339 e. The minimum atomic E-state index is -0.0783. The molecule has 0 fully saturated rings. The molecule has 0 saturated carbocycles. The molecule has 154 valence electrons. The van der Waals surface area contributed by atoms with Crippen molar-refractivity contribution < 1.29 is 4.52 Å². The van der Waals surface area contributed by atoms with E-state index in [1.54, 1.807) is 4.57 Å². The number of aryl methyl sites for hydroxylation is 2. The third kappa shape index (κ3) is 4.16. The highest BCUT2D eigenvalue weighted by Gasteiger charge is 2.16. The number of thioether (sulfide) groups is 1. The fourth-order valence-electron chi connectivity index (χ4n) is 3.29. The minimum Gasteiger partial charge on any atom is -0.339 e. The molecule has 2 aromatic heterocycles. The zero-order valence-electron chi connectivity index (χ0n) is 17.5. The first-order valence-corrected chi connectivity index (χ1v) is 10.9. The van der Waals surface area contributed by atoms with Gasteiger partial charge >= 0.3 is 0 Å². The van der Waals surface area contributed by atoms with Crippen LogP contribution in [0, 0.1) is 19.8 Å². The Kier molecular flexibility index (Phi) is 5.72. The Morgan fingerprint density at radius 3 is 2.70 bits per heavy atom. The Labute approximate surface area is 179 Å². The first-order chi connectivity index (χ1) is 14.4. The Bertz CT molecular complexity index is 1260. The summed E-state index contributed by atoms with van der Waals surface area (Å²) < 4.78 is 7.04. The summed E-state index contributed by atoms with van der Waals surface area (Å²) >= 11 is 1.44. The lowest BCUT2D eigenvalue weighted by Gasteiger charge is -2.15. The molecule has 30 heavy (non-hydrogen) atoms. The number of rotatable bonds is 6. The third-order valence-corrected chi connectivity index (χ3v) is 5.71. The predicted molar refractivity (Wildman–Crippen MR) is 119 cm³/mol. The van der Waals surface area contributed by atoms with Gasteiger partial charge in [0, 0.05) is 6.42 Å². The molecular formula is C23H24N4O2S. The van der Waals surface area contributed by atoms with Crippen LogP contribution in [-0.2, 0) is 12.2 Å². The van der Waals surface area contributed by atoms with Crippen LogP contribution < -0.4 is 5.56 Å². The van der Waals surface area contributed by atoms with Crippen molar-refractivity contribution in [1.82, 2.24) is 19.7 Å². The summed E-state index contributed by atoms with van der Waals surface area (Å²) in [6, 6.07) is 13.5. The molecule has 4 aromatic rings. The van der Waals surface area contributed by atoms with Gasteiger partial charge in [-0.3, -0.25) is 9.36 Å². The average molecular weight is 421 g/mol. The smallest absolute Gasteiger partial charge is 0.266 e. The van der Waals surface area contributed by atoms with Crippen LogP contribution in [0.4, 0.5) is 0 Å². The second kappa shape index (κ2) is 8.44. The van der Waals surface area contributed by atoms with Gasteiger partial charge in [-0.05, 0) is 49.1 Å². The molecule has 0 spiro atoms. The van der Waals surface area contributed by atoms with Crippen molar-refractivity contribution in [2.45, 2.75) is 45.0 Å². The van der Waals surface area contributed by atoms with E-state index >= 15 is 0 Å². The molecule has 0 radical (unpaired) electrons. The highest BCUT2D eigenvalue weighted by atomic mass is 32.2. The molecule has 0 atom stereocenters. The van der Waals surface area contributed by atoms with Gasteiger partial charge < -0.3 is 4.52 Å². The predicted octanol–water partition coefficient (Wildman–Crippen LogP) is 4.88. The fourth-order valence-corrected chi connectivity index (χ4v) is 4.14. The van der Waals surface area contributed by atoms with Gasteiger partial charge in [-0.2, -0.15) is 4.98 Å². The Morgan fingerprint density at radius 1 is 1.10 bits per heavy atom. The topological polar surface area (TPSA) is 73.8 Å². The van der Waals surface area contributed by atoms with Crippen LogP contribution in [0.15, 0.2) is 56.9 Å². The van der Waals surface area contributed by atoms with Crippen molar-refractivity contribution in [3.8, 4) is 5.69 Å². The minimum absolute atomic E-state index is 0.0783. The molecular weight excluding hydrogens is 396 g/mol. The number of hydrogen-bond acceptors (Lipinski definition) is 6. The van der Waals surface area contributed by atoms with Crippen molar-refractivity contribution in [3.05, 3.63) is 75.7 Å². The number of benzene rings is 2. The van der Waals surface area contributed by atoms with E-state index in [-0.39, 0.29) is 5.56 Å². The number of aromatic nitrogens is 4. The van der Waals surface area contributed by atoms with Gasteiger partial charge in [0.15, 0.2) is 11.0 Å². The molecule has 0 N–H and O–H groups in total. The molecule has 4 rings (SSSR count). The van der Waals surface area contributed by atoms with Gasteiger partial charge in [-0.15, -0.1) is 0 Å². The van der Waals surface area contributed by atoms with Crippen LogP contribution in [0.5, 0.6) is 0 Å². The molecule has 0 aliphatic carbocycles. The normalized spacial score (nSPS) is 11.5. The van der Waals surface area contributed by atoms with Gasteiger partial charge in [0.2, 0.25) is 5.89 Å². The molecule has 0 aliphatic heterocycles. The molecule has 0 unspecified atom stereocenters. The van der Waals surface area contributed by atoms with E-state index < -0.39 is 0 Å². The summed E-state index contributed by atoms with van der Waals surface area (Å²) in [5.41, 5.74) is 3.54. The van der Waals surface area contributed by atoms with E-state index in [1.165, 1.54) is 11.8 Å². The Balaban J connectivity index is 1.77. The molecule has 0 bridgehead atoms. The van der Waals surface area contributed by atoms with E-state index in [0.29, 0.717) is 39.4 Å². The molecule has 0 aliphatic rings. The van der Waals surface area contributed by atoms with Crippen molar-refractivity contribution in [2.75, 3.05) is 0 Å². The second-order valence-corrected chi connectivity index (χ2v) is 8.78. The van der Waals surface area contributed by atoms with Crippen molar-refractivity contribution >= 4 is 22.7 Å². The first-order valence-electron chi connectivity index (χ1n) is 9.96. The van der Waals surface area contributed by atoms with Gasteiger partial charge in [0.05, 0.1) is 22.3 Å². The summed E-state index contributed by atoms with van der Waals surface area (Å²) in [5.74, 6) is 2.16. The second-order valence-electron chi connectivity index (χ2n) is 7.83. The zero-order chi connectivity index (χ0) is 21.3. The maximum atomic E-state index is 13.4. The maximum absolute atomic E-state index is 13.4. The van der Waals surface area contributed by atoms with E-state index in [1.807, 2.05) is 56.3 Å². The molecule has 2 aromatic carbocycles. The lowest BCUT2D eigenvalue weighted by atomic mass is 10.1. The molecule has 7 heteroatoms. The summed E-state index contributed by atoms with van der Waals surface area (Å²) in [6.45, 7) is 8.24. The van der Waals surface area contributed by atoms with E-state index in [2.05, 4.69) is 24.0 Å². The SMILES string of the molecule is Cc1ccc(C)c(-n2c(SCc3noc(CC(C)C)n3)nc3ccccc3c2=O)c1.